The van der Waals surface area contributed by atoms with E-state index in [1.807, 2.05) is 5.38 Å². The van der Waals surface area contributed by atoms with Crippen molar-refractivity contribution in [1.82, 2.24) is 64.1 Å². The maximum Gasteiger partial charge on any atom is 0.270 e. The third-order valence-corrected chi connectivity index (χ3v) is 26.5. The van der Waals surface area contributed by atoms with Crippen molar-refractivity contribution < 1.29 is 49.7 Å². The number of nitrogens with one attached hydrogen (secondary N) is 3. The van der Waals surface area contributed by atoms with Gasteiger partial charge >= 0.3 is 0 Å². The van der Waals surface area contributed by atoms with Gasteiger partial charge in [-0.05, 0) is 114 Å². The fraction of sp³-hybridized carbons (Fsp3) is 0.677. The molecule has 11 rings (SSSR count). The first-order chi connectivity index (χ1) is 45.0. The van der Waals surface area contributed by atoms with E-state index >= 15 is 0 Å². The van der Waals surface area contributed by atoms with Crippen molar-refractivity contribution in [2.24, 2.45) is 0 Å². The molecule has 0 amide bonds. The number of sulfonamides is 2. The summed E-state index contributed by atoms with van der Waals surface area (Å²) < 4.78 is 93.2. The number of morpholine rings is 3. The van der Waals surface area contributed by atoms with Gasteiger partial charge in [-0.3, -0.25) is 14.7 Å². The van der Waals surface area contributed by atoms with Crippen molar-refractivity contribution in [3.05, 3.63) is 93.7 Å². The summed E-state index contributed by atoms with van der Waals surface area (Å²) in [5.74, 6) is 0.553. The van der Waals surface area contributed by atoms with Crippen LogP contribution in [-0.2, 0) is 54.5 Å². The van der Waals surface area contributed by atoms with Crippen LogP contribution in [0.2, 0.25) is 5.28 Å². The van der Waals surface area contributed by atoms with Gasteiger partial charge in [0.25, 0.3) is 29.1 Å². The van der Waals surface area contributed by atoms with Gasteiger partial charge in [-0.25, -0.2) is 45.2 Å². The van der Waals surface area contributed by atoms with Gasteiger partial charge in [0, 0.05) is 175 Å². The monoisotopic (exact) mass is 1590 g/mol. The van der Waals surface area contributed by atoms with Crippen LogP contribution < -0.4 is 20.9 Å². The van der Waals surface area contributed by atoms with Crippen LogP contribution in [0.4, 0.5) is 5.95 Å². The number of nitrogens with zero attached hydrogens (tertiary/aromatic N) is 11. The topological polar surface area (TPSA) is 281 Å². The maximum absolute atomic E-state index is 13.2. The molecule has 0 bridgehead atoms. The summed E-state index contributed by atoms with van der Waals surface area (Å²) in [5.41, 5.74) is -0.625. The molecule has 25 nitrogen and oxygen atoms in total. The fourth-order valence-electron chi connectivity index (χ4n) is 10.9. The Morgan fingerprint density at radius 1 is 0.571 bits per heavy atom. The number of aromatic nitrogens is 4. The number of piperazine rings is 3. The lowest BCUT2D eigenvalue weighted by atomic mass is 10.0. The quantitative estimate of drug-likeness (QED) is 0.0477. The minimum absolute atomic E-state index is 0. The Balaban J connectivity index is 0.000000330. The van der Waals surface area contributed by atoms with Gasteiger partial charge in [-0.2, -0.15) is 8.61 Å². The third kappa shape index (κ3) is 29.0. The first-order valence-corrected chi connectivity index (χ1v) is 40.7. The van der Waals surface area contributed by atoms with E-state index in [-0.39, 0.29) is 64.8 Å². The maximum atomic E-state index is 13.2. The molecule has 560 valence electrons. The van der Waals surface area contributed by atoms with Crippen LogP contribution in [0.15, 0.2) is 90.0 Å². The van der Waals surface area contributed by atoms with Gasteiger partial charge in [0.05, 0.1) is 56.9 Å². The highest BCUT2D eigenvalue weighted by Crippen LogP contribution is 2.29. The first-order valence-electron chi connectivity index (χ1n) is 32.5. The number of aliphatic hydroxyl groups is 2. The molecule has 6 fully saturated rings. The van der Waals surface area contributed by atoms with Crippen molar-refractivity contribution >= 4 is 129 Å². The van der Waals surface area contributed by atoms with Gasteiger partial charge in [-0.1, -0.05) is 39.0 Å². The van der Waals surface area contributed by atoms with Crippen LogP contribution in [0.25, 0.3) is 0 Å². The molecule has 0 unspecified atom stereocenters. The van der Waals surface area contributed by atoms with Gasteiger partial charge in [0.2, 0.25) is 11.2 Å². The molecular formula is C62H105Cl5N14O11S6. The Hall–Kier alpha value is -2.20. The Morgan fingerprint density at radius 3 is 1.37 bits per heavy atom. The Bertz CT molecular complexity index is 3290. The summed E-state index contributed by atoms with van der Waals surface area (Å²) in [6.45, 7) is 39.8. The Morgan fingerprint density at radius 2 is 0.990 bits per heavy atom. The fourth-order valence-corrected chi connectivity index (χ4v) is 18.1. The third-order valence-electron chi connectivity index (χ3n) is 16.8. The Kier molecular flexibility index (Phi) is 40.3. The van der Waals surface area contributed by atoms with Crippen LogP contribution in [-0.4, -0.2) is 277 Å². The molecule has 6 saturated heterocycles. The molecule has 6 atom stereocenters. The molecular weight excluding hydrogens is 1490 g/mol. The molecule has 0 spiro atoms. The number of ether oxygens (including phenoxy) is 3. The SMILES string of the molecule is CC(C)(O)c1cnc(Cl)nc1.CCN(CC)CC.C[C@H]1COCCN1C[C@H]1CN(S(=O)(=O)c2cccs2)CCN1.C[C@H]1COCCN1C[C@H]1CN(S(=O)(=O)c2cccs2)CCN1c1ncc(C(C)(C)O)cn1.C[C@H]1COCCN1C[C@H]1CNCCN1.Cl.Cl.Cl.O=S(=O)(Cl)c1cccs1. The molecule has 11 heterocycles. The van der Waals surface area contributed by atoms with E-state index in [0.717, 1.165) is 90.1 Å². The van der Waals surface area contributed by atoms with Crippen LogP contribution in [0.5, 0.6) is 0 Å². The summed E-state index contributed by atoms with van der Waals surface area (Å²) in [4.78, 5) is 28.2. The van der Waals surface area contributed by atoms with Crippen LogP contribution >= 0.6 is 93.5 Å². The minimum atomic E-state index is -3.53. The van der Waals surface area contributed by atoms with Gasteiger partial charge in [0.1, 0.15) is 12.6 Å². The standard InChI is InChI=1S/C21H31N5O4S2.C14H23N3O3S2.C10H21N3O.C7H9ClN2O.C6H15N.C4H3ClO2S2.3ClH/c1-16-15-30-9-8-24(16)13-18-14-25(32(28,29)19-5-4-10-31-19)6-7-26(18)20-22-11-17(12-23-20)21(2,3)27;1-12-11-20-7-6-16(12)9-13-10-17(5-4-15-13)22(18,19)14-3-2-8-21-14;1-9-8-14-5-4-13(9)7-10-6-11-2-3-12-10;1-7(2,11)5-3-9-6(8)10-4-5;1-4-7(5-2)6-3;5-9(6,7)4-2-1-3-8-4;;;/h4-5,10-12,16,18,27H,6-9,13-15H2,1-3H3;2-3,8,12-13,15H,4-7,9-11H2,1H3;9-12H,2-8H2,1H3;3-4,11H,1-2H3;4-6H2,1-3H3;1-3H;3*1H/t16-,18-;12-,13-;9-,10+;;;;;;/m000....../s1. The highest BCUT2D eigenvalue weighted by atomic mass is 35.7. The number of hydrogen-bond acceptors (Lipinski definition) is 26. The van der Waals surface area contributed by atoms with Gasteiger partial charge in [-0.15, -0.1) is 71.2 Å². The van der Waals surface area contributed by atoms with E-state index in [4.69, 9.17) is 36.5 Å². The normalized spacial score (nSPS) is 22.5. The second-order valence-electron chi connectivity index (χ2n) is 24.8. The number of anilines is 1. The number of thiophene rings is 3. The molecule has 5 aromatic heterocycles. The summed E-state index contributed by atoms with van der Waals surface area (Å²) in [7, 11) is -5.35. The minimum Gasteiger partial charge on any atom is -0.386 e. The summed E-state index contributed by atoms with van der Waals surface area (Å²) >= 11 is 9.09. The van der Waals surface area contributed by atoms with E-state index in [1.54, 1.807) is 89.8 Å². The van der Waals surface area contributed by atoms with E-state index in [9.17, 15) is 35.5 Å². The number of hydrogen-bond donors (Lipinski definition) is 5. The van der Waals surface area contributed by atoms with E-state index < -0.39 is 40.3 Å². The number of halogens is 5. The molecule has 0 saturated carbocycles. The lowest BCUT2D eigenvalue weighted by Gasteiger charge is -2.44. The van der Waals surface area contributed by atoms with Crippen molar-refractivity contribution in [2.45, 2.75) is 129 Å². The van der Waals surface area contributed by atoms with E-state index in [0.29, 0.717) is 103 Å². The van der Waals surface area contributed by atoms with Crippen LogP contribution in [0, 0.1) is 0 Å². The lowest BCUT2D eigenvalue weighted by molar-refractivity contribution is -0.00617. The lowest BCUT2D eigenvalue weighted by Crippen LogP contribution is -2.60. The highest BCUT2D eigenvalue weighted by Gasteiger charge is 2.38. The zero-order chi connectivity index (χ0) is 69.4. The molecule has 0 aliphatic carbocycles. The average molecular weight is 1590 g/mol. The molecule has 5 aromatic rings. The molecule has 6 aliphatic heterocycles. The molecule has 5 N–H and O–H groups in total. The molecule has 0 aromatic carbocycles. The molecule has 6 aliphatic rings. The van der Waals surface area contributed by atoms with Crippen LogP contribution in [0.1, 0.15) is 80.4 Å². The zero-order valence-corrected chi connectivity index (χ0v) is 66.7. The molecule has 98 heavy (non-hydrogen) atoms. The van der Waals surface area contributed by atoms with Crippen molar-refractivity contribution in [3.63, 3.8) is 0 Å². The van der Waals surface area contributed by atoms with Gasteiger partial charge in [0.15, 0.2) is 0 Å². The van der Waals surface area contributed by atoms with Crippen molar-refractivity contribution in [1.29, 1.82) is 0 Å². The molecule has 0 radical (unpaired) electrons. The summed E-state index contributed by atoms with van der Waals surface area (Å²) in [6, 6.07) is 11.9. The second kappa shape index (κ2) is 43.9. The van der Waals surface area contributed by atoms with Gasteiger partial charge < -0.3 is 50.2 Å². The van der Waals surface area contributed by atoms with Crippen LogP contribution in [0.3, 0.4) is 0 Å². The largest absolute Gasteiger partial charge is 0.386 e. The summed E-state index contributed by atoms with van der Waals surface area (Å²) in [5, 5.41) is 35.5. The van der Waals surface area contributed by atoms with Crippen molar-refractivity contribution in [3.8, 4) is 0 Å². The smallest absolute Gasteiger partial charge is 0.270 e. The zero-order valence-electron chi connectivity index (χ0n) is 57.9. The average Bonchev–Trinajstić information content (AvgIpc) is 1.37. The van der Waals surface area contributed by atoms with E-state index in [2.05, 4.69) is 102 Å². The first kappa shape index (κ1) is 90.0. The predicted molar refractivity (Wildman–Crippen MR) is 401 cm³/mol. The summed E-state index contributed by atoms with van der Waals surface area (Å²) in [6.07, 6.45) is 6.31. The Labute approximate surface area is 622 Å². The van der Waals surface area contributed by atoms with Crippen molar-refractivity contribution in [2.75, 3.05) is 162 Å². The van der Waals surface area contributed by atoms with E-state index in [1.165, 1.54) is 60.8 Å². The second-order valence-corrected chi connectivity index (χ2v) is 35.1. The highest BCUT2D eigenvalue weighted by molar-refractivity contribution is 8.15. The number of rotatable bonds is 17. The predicted octanol–water partition coefficient (Wildman–Crippen LogP) is 6.71. The molecule has 36 heteroatoms.